The van der Waals surface area contributed by atoms with Crippen molar-refractivity contribution in [1.29, 1.82) is 0 Å². The molecule has 2 unspecified atom stereocenters. The highest BCUT2D eigenvalue weighted by Crippen LogP contribution is 2.39. The summed E-state index contributed by atoms with van der Waals surface area (Å²) < 4.78 is 16.9. The number of ether oxygens (including phenoxy) is 3. The van der Waals surface area contributed by atoms with Crippen LogP contribution in [-0.4, -0.2) is 33.9 Å². The summed E-state index contributed by atoms with van der Waals surface area (Å²) in [6.07, 6.45) is 3.58. The molecule has 21 heavy (non-hydrogen) atoms. The number of hydrogen-bond acceptors (Lipinski definition) is 4. The number of rotatable bonds is 7. The highest BCUT2D eigenvalue weighted by molar-refractivity contribution is 5.42. The first-order chi connectivity index (χ1) is 10.3. The Morgan fingerprint density at radius 2 is 2.14 bits per heavy atom. The molecular weight excluding hydrogens is 266 g/mol. The molecule has 1 aliphatic heterocycles. The molecule has 1 aromatic rings. The predicted octanol–water partition coefficient (Wildman–Crippen LogP) is 3.17. The zero-order valence-corrected chi connectivity index (χ0v) is 13.4. The molecule has 2 atom stereocenters. The third-order valence-corrected chi connectivity index (χ3v) is 4.03. The standard InChI is InChI=1S/C17H27NO3/c1-4-9-18-12-13-6-5-10-21-17(13)15-8-7-14(19-2)11-16(15)20-3/h7-8,11,13,17-18H,4-6,9-10,12H2,1-3H3. The van der Waals surface area contributed by atoms with E-state index in [2.05, 4.69) is 18.3 Å². The van der Waals surface area contributed by atoms with Gasteiger partial charge in [0.05, 0.1) is 20.3 Å². The summed E-state index contributed by atoms with van der Waals surface area (Å²) in [5.74, 6) is 2.15. The van der Waals surface area contributed by atoms with Gasteiger partial charge in [-0.05, 0) is 37.9 Å². The Balaban J connectivity index is 2.16. The van der Waals surface area contributed by atoms with Crippen LogP contribution in [0.3, 0.4) is 0 Å². The van der Waals surface area contributed by atoms with Gasteiger partial charge in [-0.3, -0.25) is 0 Å². The third kappa shape index (κ3) is 4.11. The van der Waals surface area contributed by atoms with Gasteiger partial charge in [-0.1, -0.05) is 6.92 Å². The van der Waals surface area contributed by atoms with Crippen molar-refractivity contribution in [2.45, 2.75) is 32.3 Å². The Kier molecular flexibility index (Phi) is 6.33. The van der Waals surface area contributed by atoms with Crippen molar-refractivity contribution in [3.8, 4) is 11.5 Å². The van der Waals surface area contributed by atoms with Gasteiger partial charge in [0.2, 0.25) is 0 Å². The molecule has 0 aliphatic carbocycles. The summed E-state index contributed by atoms with van der Waals surface area (Å²) in [7, 11) is 3.37. The summed E-state index contributed by atoms with van der Waals surface area (Å²) in [6, 6.07) is 5.98. The Hall–Kier alpha value is -1.26. The van der Waals surface area contributed by atoms with Gasteiger partial charge in [-0.25, -0.2) is 0 Å². The largest absolute Gasteiger partial charge is 0.497 e. The van der Waals surface area contributed by atoms with Gasteiger partial charge in [0.25, 0.3) is 0 Å². The second kappa shape index (κ2) is 8.25. The minimum absolute atomic E-state index is 0.101. The van der Waals surface area contributed by atoms with Gasteiger partial charge >= 0.3 is 0 Å². The van der Waals surface area contributed by atoms with E-state index in [1.807, 2.05) is 12.1 Å². The second-order valence-corrected chi connectivity index (χ2v) is 5.51. The van der Waals surface area contributed by atoms with Crippen molar-refractivity contribution in [2.75, 3.05) is 33.9 Å². The van der Waals surface area contributed by atoms with E-state index in [4.69, 9.17) is 14.2 Å². The molecule has 1 N–H and O–H groups in total. The molecule has 1 saturated heterocycles. The third-order valence-electron chi connectivity index (χ3n) is 4.03. The monoisotopic (exact) mass is 293 g/mol. The Morgan fingerprint density at radius 1 is 1.29 bits per heavy atom. The van der Waals surface area contributed by atoms with Crippen LogP contribution >= 0.6 is 0 Å². The summed E-state index contributed by atoms with van der Waals surface area (Å²) >= 11 is 0. The van der Waals surface area contributed by atoms with Crippen molar-refractivity contribution in [1.82, 2.24) is 5.32 Å². The van der Waals surface area contributed by atoms with Crippen LogP contribution in [0.2, 0.25) is 0 Å². The lowest BCUT2D eigenvalue weighted by Gasteiger charge is -2.33. The van der Waals surface area contributed by atoms with E-state index >= 15 is 0 Å². The average molecular weight is 293 g/mol. The van der Waals surface area contributed by atoms with Crippen LogP contribution in [-0.2, 0) is 4.74 Å². The van der Waals surface area contributed by atoms with Crippen LogP contribution in [0.1, 0.15) is 37.9 Å². The molecule has 2 rings (SSSR count). The summed E-state index contributed by atoms with van der Waals surface area (Å²) in [5, 5.41) is 3.52. The first kappa shape index (κ1) is 16.1. The minimum Gasteiger partial charge on any atom is -0.497 e. The van der Waals surface area contributed by atoms with Crippen molar-refractivity contribution < 1.29 is 14.2 Å². The van der Waals surface area contributed by atoms with Gasteiger partial charge < -0.3 is 19.5 Å². The quantitative estimate of drug-likeness (QED) is 0.784. The van der Waals surface area contributed by atoms with Crippen molar-refractivity contribution in [2.24, 2.45) is 5.92 Å². The molecule has 0 bridgehead atoms. The van der Waals surface area contributed by atoms with E-state index in [1.54, 1.807) is 14.2 Å². The number of hydrogen-bond donors (Lipinski definition) is 1. The van der Waals surface area contributed by atoms with E-state index in [0.29, 0.717) is 5.92 Å². The Labute approximate surface area is 127 Å². The van der Waals surface area contributed by atoms with Crippen LogP contribution in [0.15, 0.2) is 18.2 Å². The molecule has 0 spiro atoms. The maximum absolute atomic E-state index is 6.06. The maximum Gasteiger partial charge on any atom is 0.128 e. The van der Waals surface area contributed by atoms with Crippen molar-refractivity contribution in [3.05, 3.63) is 23.8 Å². The van der Waals surface area contributed by atoms with E-state index in [9.17, 15) is 0 Å². The molecule has 118 valence electrons. The van der Waals surface area contributed by atoms with Gasteiger partial charge in [0, 0.05) is 30.7 Å². The molecule has 1 fully saturated rings. The van der Waals surface area contributed by atoms with Crippen LogP contribution < -0.4 is 14.8 Å². The fraction of sp³-hybridized carbons (Fsp3) is 0.647. The predicted molar refractivity (Wildman–Crippen MR) is 84.1 cm³/mol. The summed E-state index contributed by atoms with van der Waals surface area (Å²) in [4.78, 5) is 0. The normalized spacial score (nSPS) is 22.0. The lowest BCUT2D eigenvalue weighted by atomic mass is 9.89. The van der Waals surface area contributed by atoms with Crippen LogP contribution in [0.25, 0.3) is 0 Å². The number of benzene rings is 1. The molecule has 1 aliphatic rings. The second-order valence-electron chi connectivity index (χ2n) is 5.51. The van der Waals surface area contributed by atoms with Crippen LogP contribution in [0, 0.1) is 5.92 Å². The molecule has 1 aromatic carbocycles. The fourth-order valence-corrected chi connectivity index (χ4v) is 2.91. The molecule has 0 saturated carbocycles. The van der Waals surface area contributed by atoms with E-state index in [0.717, 1.165) is 49.6 Å². The lowest BCUT2D eigenvalue weighted by Crippen LogP contribution is -2.32. The van der Waals surface area contributed by atoms with Gasteiger partial charge in [-0.2, -0.15) is 0 Å². The summed E-state index contributed by atoms with van der Waals surface area (Å²) in [5.41, 5.74) is 1.13. The van der Waals surface area contributed by atoms with Gasteiger partial charge in [-0.15, -0.1) is 0 Å². The molecule has 1 heterocycles. The average Bonchev–Trinajstić information content (AvgIpc) is 2.55. The highest BCUT2D eigenvalue weighted by Gasteiger charge is 2.29. The van der Waals surface area contributed by atoms with E-state index in [1.165, 1.54) is 6.42 Å². The lowest BCUT2D eigenvalue weighted by molar-refractivity contribution is -0.0288. The van der Waals surface area contributed by atoms with Gasteiger partial charge in [0.15, 0.2) is 0 Å². The van der Waals surface area contributed by atoms with E-state index < -0.39 is 0 Å². The Bertz CT molecular complexity index is 436. The first-order valence-corrected chi connectivity index (χ1v) is 7.84. The molecule has 4 nitrogen and oxygen atoms in total. The first-order valence-electron chi connectivity index (χ1n) is 7.84. The summed E-state index contributed by atoms with van der Waals surface area (Å²) in [6.45, 7) is 5.06. The van der Waals surface area contributed by atoms with Crippen molar-refractivity contribution in [3.63, 3.8) is 0 Å². The molecule has 0 aromatic heterocycles. The highest BCUT2D eigenvalue weighted by atomic mass is 16.5. The zero-order chi connectivity index (χ0) is 15.1. The van der Waals surface area contributed by atoms with Crippen LogP contribution in [0.4, 0.5) is 0 Å². The molecular formula is C17H27NO3. The van der Waals surface area contributed by atoms with Crippen LogP contribution in [0.5, 0.6) is 11.5 Å². The number of nitrogens with one attached hydrogen (secondary N) is 1. The van der Waals surface area contributed by atoms with E-state index in [-0.39, 0.29) is 6.10 Å². The molecule has 0 amide bonds. The smallest absolute Gasteiger partial charge is 0.128 e. The zero-order valence-electron chi connectivity index (χ0n) is 13.4. The van der Waals surface area contributed by atoms with Gasteiger partial charge in [0.1, 0.15) is 11.5 Å². The Morgan fingerprint density at radius 3 is 2.86 bits per heavy atom. The fourth-order valence-electron chi connectivity index (χ4n) is 2.91. The molecule has 0 radical (unpaired) electrons. The SMILES string of the molecule is CCCNCC1CCCOC1c1ccc(OC)cc1OC. The number of methoxy groups -OCH3 is 2. The molecule has 4 heteroatoms. The maximum atomic E-state index is 6.06. The topological polar surface area (TPSA) is 39.7 Å². The minimum atomic E-state index is 0.101. The van der Waals surface area contributed by atoms with Crippen molar-refractivity contribution >= 4 is 0 Å².